The van der Waals surface area contributed by atoms with Gasteiger partial charge in [0.1, 0.15) is 5.75 Å². The molecule has 0 fully saturated rings. The Morgan fingerprint density at radius 3 is 2.00 bits per heavy atom. The Morgan fingerprint density at radius 2 is 1.39 bits per heavy atom. The molecule has 1 amide bonds. The van der Waals surface area contributed by atoms with Gasteiger partial charge in [-0.25, -0.2) is 4.79 Å². The van der Waals surface area contributed by atoms with E-state index in [1.807, 2.05) is 19.1 Å². The molecular formula is C23H19NO4. The highest BCUT2D eigenvalue weighted by Crippen LogP contribution is 2.20. The van der Waals surface area contributed by atoms with Gasteiger partial charge in [-0.3, -0.25) is 9.59 Å². The Morgan fingerprint density at radius 1 is 0.786 bits per heavy atom. The highest BCUT2D eigenvalue weighted by atomic mass is 16.5. The average Bonchev–Trinajstić information content (AvgIpc) is 2.69. The molecule has 140 valence electrons. The number of amides is 1. The number of esters is 1. The maximum atomic E-state index is 12.8. The smallest absolute Gasteiger partial charge is 0.344 e. The van der Waals surface area contributed by atoms with Crippen molar-refractivity contribution < 1.29 is 19.1 Å². The minimum atomic E-state index is -0.622. The lowest BCUT2D eigenvalue weighted by Gasteiger charge is -2.10. The first-order valence-corrected chi connectivity index (χ1v) is 8.74. The van der Waals surface area contributed by atoms with Crippen LogP contribution in [0.3, 0.4) is 0 Å². The molecule has 5 heteroatoms. The molecule has 0 aliphatic heterocycles. The topological polar surface area (TPSA) is 72.5 Å². The van der Waals surface area contributed by atoms with Crippen molar-refractivity contribution in [1.82, 2.24) is 0 Å². The molecule has 0 saturated heterocycles. The molecule has 0 atom stereocenters. The average molecular weight is 373 g/mol. The van der Waals surface area contributed by atoms with Crippen LogP contribution in [0.25, 0.3) is 0 Å². The molecule has 5 nitrogen and oxygen atoms in total. The summed E-state index contributed by atoms with van der Waals surface area (Å²) in [6.45, 7) is 3.35. The van der Waals surface area contributed by atoms with Gasteiger partial charge in [-0.05, 0) is 37.3 Å². The van der Waals surface area contributed by atoms with Crippen LogP contribution in [0.15, 0.2) is 72.8 Å². The zero-order chi connectivity index (χ0) is 20.1. The Bertz CT molecular complexity index is 1020. The number of ether oxygens (including phenoxy) is 1. The van der Waals surface area contributed by atoms with Crippen molar-refractivity contribution in [3.8, 4) is 5.75 Å². The Kier molecular flexibility index (Phi) is 5.65. The summed E-state index contributed by atoms with van der Waals surface area (Å²) in [5.74, 6) is -0.734. The molecule has 0 aliphatic rings. The van der Waals surface area contributed by atoms with E-state index in [-0.39, 0.29) is 22.8 Å². The van der Waals surface area contributed by atoms with Crippen LogP contribution in [-0.4, -0.2) is 17.7 Å². The van der Waals surface area contributed by atoms with Gasteiger partial charge in [0, 0.05) is 23.7 Å². The molecule has 0 heterocycles. The lowest BCUT2D eigenvalue weighted by atomic mass is 9.98. The first kappa shape index (κ1) is 19.0. The molecule has 0 saturated carbocycles. The Labute approximate surface area is 163 Å². The predicted octanol–water partition coefficient (Wildman–Crippen LogP) is 4.40. The normalized spacial score (nSPS) is 10.2. The maximum Gasteiger partial charge on any atom is 0.344 e. The standard InChI is InChI=1S/C23H19NO4/c1-15-7-9-17(10-8-15)22(26)20-5-3-4-6-21(20)23(27)28-19-13-11-18(12-14-19)24-16(2)25/h3-14H,1-2H3,(H,24,25). The number of benzene rings is 3. The number of hydrogen-bond donors (Lipinski definition) is 1. The van der Waals surface area contributed by atoms with E-state index in [2.05, 4.69) is 5.32 Å². The molecule has 0 aromatic heterocycles. The van der Waals surface area contributed by atoms with Gasteiger partial charge >= 0.3 is 5.97 Å². The van der Waals surface area contributed by atoms with Gasteiger partial charge in [-0.15, -0.1) is 0 Å². The SMILES string of the molecule is CC(=O)Nc1ccc(OC(=O)c2ccccc2C(=O)c2ccc(C)cc2)cc1. The monoisotopic (exact) mass is 373 g/mol. The molecule has 0 radical (unpaired) electrons. The number of carbonyl (C=O) groups is 3. The number of rotatable bonds is 5. The van der Waals surface area contributed by atoms with Crippen LogP contribution in [-0.2, 0) is 4.79 Å². The molecule has 1 N–H and O–H groups in total. The first-order chi connectivity index (χ1) is 13.4. The zero-order valence-electron chi connectivity index (χ0n) is 15.6. The lowest BCUT2D eigenvalue weighted by Crippen LogP contribution is -2.15. The molecule has 0 aliphatic carbocycles. The van der Waals surface area contributed by atoms with Crippen LogP contribution in [0.2, 0.25) is 0 Å². The quantitative estimate of drug-likeness (QED) is 0.409. The van der Waals surface area contributed by atoms with Crippen molar-refractivity contribution >= 4 is 23.3 Å². The second kappa shape index (κ2) is 8.31. The number of ketones is 1. The van der Waals surface area contributed by atoms with Gasteiger partial charge in [0.05, 0.1) is 5.56 Å². The van der Waals surface area contributed by atoms with E-state index < -0.39 is 5.97 Å². The second-order valence-electron chi connectivity index (χ2n) is 6.34. The minimum Gasteiger partial charge on any atom is -0.423 e. The van der Waals surface area contributed by atoms with Gasteiger partial charge in [-0.2, -0.15) is 0 Å². The summed E-state index contributed by atoms with van der Waals surface area (Å²) in [6, 6.07) is 20.2. The van der Waals surface area contributed by atoms with Crippen LogP contribution < -0.4 is 10.1 Å². The largest absolute Gasteiger partial charge is 0.423 e. The van der Waals surface area contributed by atoms with E-state index in [1.54, 1.807) is 60.7 Å². The van der Waals surface area contributed by atoms with Crippen molar-refractivity contribution in [2.75, 3.05) is 5.32 Å². The van der Waals surface area contributed by atoms with Gasteiger partial charge in [0.25, 0.3) is 0 Å². The highest BCUT2D eigenvalue weighted by Gasteiger charge is 2.19. The fraction of sp³-hybridized carbons (Fsp3) is 0.0870. The maximum absolute atomic E-state index is 12.8. The summed E-state index contributed by atoms with van der Waals surface area (Å²) >= 11 is 0. The van der Waals surface area contributed by atoms with Crippen molar-refractivity contribution in [3.63, 3.8) is 0 Å². The van der Waals surface area contributed by atoms with Crippen LogP contribution in [0.5, 0.6) is 5.75 Å². The van der Waals surface area contributed by atoms with Crippen molar-refractivity contribution in [2.24, 2.45) is 0 Å². The number of carbonyl (C=O) groups excluding carboxylic acids is 3. The molecule has 28 heavy (non-hydrogen) atoms. The third-order valence-corrected chi connectivity index (χ3v) is 4.09. The van der Waals surface area contributed by atoms with E-state index in [4.69, 9.17) is 4.74 Å². The second-order valence-corrected chi connectivity index (χ2v) is 6.34. The molecule has 3 aromatic carbocycles. The predicted molar refractivity (Wildman–Crippen MR) is 107 cm³/mol. The van der Waals surface area contributed by atoms with Crippen LogP contribution in [0, 0.1) is 6.92 Å². The van der Waals surface area contributed by atoms with Crippen molar-refractivity contribution in [2.45, 2.75) is 13.8 Å². The van der Waals surface area contributed by atoms with Crippen LogP contribution in [0.4, 0.5) is 5.69 Å². The first-order valence-electron chi connectivity index (χ1n) is 8.74. The van der Waals surface area contributed by atoms with Gasteiger partial charge in [0.2, 0.25) is 5.91 Å². The highest BCUT2D eigenvalue weighted by molar-refractivity contribution is 6.14. The van der Waals surface area contributed by atoms with E-state index in [1.165, 1.54) is 6.92 Å². The van der Waals surface area contributed by atoms with Gasteiger partial charge in [0.15, 0.2) is 5.78 Å². The number of anilines is 1. The number of hydrogen-bond acceptors (Lipinski definition) is 4. The van der Waals surface area contributed by atoms with E-state index in [0.29, 0.717) is 17.0 Å². The summed E-state index contributed by atoms with van der Waals surface area (Å²) in [4.78, 5) is 36.5. The van der Waals surface area contributed by atoms with Crippen molar-refractivity contribution in [1.29, 1.82) is 0 Å². The summed E-state index contributed by atoms with van der Waals surface area (Å²) < 4.78 is 5.40. The minimum absolute atomic E-state index is 0.187. The Hall–Kier alpha value is -3.73. The fourth-order valence-corrected chi connectivity index (χ4v) is 2.69. The van der Waals surface area contributed by atoms with Gasteiger partial charge < -0.3 is 10.1 Å². The number of nitrogens with one attached hydrogen (secondary N) is 1. The molecule has 3 rings (SSSR count). The van der Waals surface area contributed by atoms with E-state index in [9.17, 15) is 14.4 Å². The number of aryl methyl sites for hydroxylation is 1. The van der Waals surface area contributed by atoms with Crippen LogP contribution >= 0.6 is 0 Å². The molecule has 0 bridgehead atoms. The fourth-order valence-electron chi connectivity index (χ4n) is 2.69. The molecule has 3 aromatic rings. The molecule has 0 spiro atoms. The lowest BCUT2D eigenvalue weighted by molar-refractivity contribution is -0.114. The summed E-state index contributed by atoms with van der Waals surface area (Å²) in [5.41, 5.74) is 2.63. The third-order valence-electron chi connectivity index (χ3n) is 4.09. The zero-order valence-corrected chi connectivity index (χ0v) is 15.6. The van der Waals surface area contributed by atoms with Crippen molar-refractivity contribution in [3.05, 3.63) is 95.1 Å². The van der Waals surface area contributed by atoms with Crippen LogP contribution in [0.1, 0.15) is 38.8 Å². The Balaban J connectivity index is 1.82. The summed E-state index contributed by atoms with van der Waals surface area (Å²) in [5, 5.41) is 2.64. The summed E-state index contributed by atoms with van der Waals surface area (Å²) in [7, 11) is 0. The molecule has 0 unspecified atom stereocenters. The van der Waals surface area contributed by atoms with E-state index >= 15 is 0 Å². The summed E-state index contributed by atoms with van der Waals surface area (Å²) in [6.07, 6.45) is 0. The van der Waals surface area contributed by atoms with E-state index in [0.717, 1.165) is 5.56 Å². The van der Waals surface area contributed by atoms with Gasteiger partial charge in [-0.1, -0.05) is 48.0 Å². The molecular weight excluding hydrogens is 354 g/mol. The third kappa shape index (κ3) is 4.51.